The Bertz CT molecular complexity index is 2580. The van der Waals surface area contributed by atoms with Gasteiger partial charge in [-0.25, -0.2) is 4.98 Å². The number of anilines is 2. The van der Waals surface area contributed by atoms with E-state index in [2.05, 4.69) is 111 Å². The fourth-order valence-electron chi connectivity index (χ4n) is 9.84. The molecule has 8 rings (SSSR count). The molecule has 67 heavy (non-hydrogen) atoms. The van der Waals surface area contributed by atoms with Crippen molar-refractivity contribution in [1.82, 2.24) is 30.0 Å². The van der Waals surface area contributed by atoms with Crippen molar-refractivity contribution >= 4 is 63.9 Å². The van der Waals surface area contributed by atoms with Gasteiger partial charge in [-0.3, -0.25) is 39.1 Å². The number of hydrogen-bond donors (Lipinski definition) is 3. The highest BCUT2D eigenvalue weighted by Gasteiger charge is 2.46. The zero-order valence-electron chi connectivity index (χ0n) is 39.2. The van der Waals surface area contributed by atoms with Gasteiger partial charge in [0.2, 0.25) is 17.7 Å². The monoisotopic (exact) mass is 924 g/mol. The number of carbonyl (C=O) groups excluding carboxylic acids is 5. The summed E-state index contributed by atoms with van der Waals surface area (Å²) in [5.41, 5.74) is 9.67. The number of carbonyl (C=O) groups is 5. The van der Waals surface area contributed by atoms with Crippen molar-refractivity contribution in [3.63, 3.8) is 0 Å². The van der Waals surface area contributed by atoms with E-state index in [1.807, 2.05) is 6.07 Å². The average Bonchev–Trinajstić information content (AvgIpc) is 3.78. The van der Waals surface area contributed by atoms with Crippen molar-refractivity contribution in [2.24, 2.45) is 0 Å². The Kier molecular flexibility index (Phi) is 15.7. The second kappa shape index (κ2) is 22.2. The van der Waals surface area contributed by atoms with Crippen molar-refractivity contribution in [2.45, 2.75) is 115 Å². The number of imidazole rings is 1. The van der Waals surface area contributed by atoms with Gasteiger partial charge >= 0.3 is 0 Å². The minimum Gasteiger partial charge on any atom is -0.368 e. The van der Waals surface area contributed by atoms with Crippen molar-refractivity contribution in [3.05, 3.63) is 118 Å². The number of aryl methyl sites for hydroxylation is 4. The molecule has 1 atom stereocenters. The number of benzene rings is 4. The fraction of sp³-hybridized carbons (Fsp3) is 0.434. The van der Waals surface area contributed by atoms with Crippen LogP contribution in [0.5, 0.6) is 0 Å². The van der Waals surface area contributed by atoms with E-state index >= 15 is 0 Å². The highest BCUT2D eigenvalue weighted by molar-refractivity contribution is 8.00. The lowest BCUT2D eigenvalue weighted by atomic mass is 10.0. The quantitative estimate of drug-likeness (QED) is 0.0372. The summed E-state index contributed by atoms with van der Waals surface area (Å²) in [4.78, 5) is 75.7. The van der Waals surface area contributed by atoms with Gasteiger partial charge in [-0.1, -0.05) is 79.8 Å². The molecular formula is C53H64N8O5S. The largest absolute Gasteiger partial charge is 0.368 e. The molecule has 1 unspecified atom stereocenters. The van der Waals surface area contributed by atoms with Gasteiger partial charge in [0.25, 0.3) is 11.8 Å². The molecule has 2 fully saturated rings. The maximum absolute atomic E-state index is 13.6. The number of amides is 5. The van der Waals surface area contributed by atoms with Crippen molar-refractivity contribution < 1.29 is 24.0 Å². The van der Waals surface area contributed by atoms with Crippen LogP contribution in [0.3, 0.4) is 0 Å². The molecule has 3 N–H and O–H groups in total. The minimum atomic E-state index is -0.980. The maximum atomic E-state index is 13.6. The Morgan fingerprint density at radius 2 is 1.54 bits per heavy atom. The van der Waals surface area contributed by atoms with E-state index in [4.69, 9.17) is 4.98 Å². The molecular weight excluding hydrogens is 861 g/mol. The molecule has 0 bridgehead atoms. The Morgan fingerprint density at radius 3 is 2.31 bits per heavy atom. The molecule has 4 heterocycles. The second-order valence-corrected chi connectivity index (χ2v) is 19.2. The number of aromatic nitrogens is 2. The van der Waals surface area contributed by atoms with E-state index in [-0.39, 0.29) is 18.7 Å². The molecule has 0 radical (unpaired) electrons. The van der Waals surface area contributed by atoms with E-state index in [0.717, 1.165) is 111 Å². The lowest BCUT2D eigenvalue weighted by Crippen LogP contribution is -2.54. The van der Waals surface area contributed by atoms with Gasteiger partial charge in [-0.2, -0.15) is 0 Å². The number of rotatable bonds is 21. The Balaban J connectivity index is 0.702. The number of nitrogens with zero attached hydrogens (tertiary/aromatic N) is 5. The third-order valence-electron chi connectivity index (χ3n) is 13.3. The smallest absolute Gasteiger partial charge is 0.264 e. The predicted octanol–water partition coefficient (Wildman–Crippen LogP) is 8.52. The summed E-state index contributed by atoms with van der Waals surface area (Å²) in [5, 5.41) is 5.39. The molecule has 352 valence electrons. The van der Waals surface area contributed by atoms with E-state index in [1.165, 1.54) is 27.1 Å². The standard InChI is InChI=1S/C53H64N8O5S/c1-36-32-37(2)50(38(3)33-36)67-57-40-22-23-43-42(34-40)55-46(60(43)35-39-16-9-7-10-17-39)20-11-5-4-6-13-26-54-47(62)21-12-8-14-27-58-28-30-59(31-29-58)44-19-15-18-41-49(44)53(66)61(52(41)65)45-24-25-48(63)56-51(45)64/h7,9-10,15-19,22-23,32-34,45,57H,4-6,8,11-14,20-21,24-31,35H2,1-3H3,(H,54,62)(H,56,63,64). The number of hydrogen-bond acceptors (Lipinski definition) is 10. The first-order chi connectivity index (χ1) is 32.5. The van der Waals surface area contributed by atoms with E-state index in [1.54, 1.807) is 24.1 Å². The summed E-state index contributed by atoms with van der Waals surface area (Å²) in [7, 11) is 0. The van der Waals surface area contributed by atoms with Crippen molar-refractivity contribution in [1.29, 1.82) is 0 Å². The van der Waals surface area contributed by atoms with Gasteiger partial charge in [-0.15, -0.1) is 0 Å². The summed E-state index contributed by atoms with van der Waals surface area (Å²) in [6.45, 7) is 12.0. The number of fused-ring (bicyclic) bond motifs is 2. The summed E-state index contributed by atoms with van der Waals surface area (Å²) in [5.74, 6) is -0.704. The first-order valence-electron chi connectivity index (χ1n) is 24.2. The predicted molar refractivity (Wildman–Crippen MR) is 265 cm³/mol. The SMILES string of the molecule is Cc1cc(C)c(SNc2ccc3c(c2)nc(CCCCCCCNC(=O)CCCCCN2CCN(c4cccc5c4C(=O)N(C4CCC(=O)NC4=O)C5=O)CC2)n3Cc2ccccc2)c(C)c1. The zero-order valence-corrected chi connectivity index (χ0v) is 40.0. The van der Waals surface area contributed by atoms with E-state index in [0.29, 0.717) is 42.9 Å². The minimum absolute atomic E-state index is 0.0909. The Morgan fingerprint density at radius 1 is 0.791 bits per heavy atom. The molecule has 3 aliphatic heterocycles. The van der Waals surface area contributed by atoms with Gasteiger partial charge in [0.05, 0.1) is 27.8 Å². The lowest BCUT2D eigenvalue weighted by molar-refractivity contribution is -0.136. The first kappa shape index (κ1) is 47.5. The van der Waals surface area contributed by atoms with E-state index in [9.17, 15) is 24.0 Å². The molecule has 0 saturated carbocycles. The number of nitrogens with one attached hydrogen (secondary N) is 3. The molecule has 14 heteroatoms. The molecule has 0 aliphatic carbocycles. The van der Waals surface area contributed by atoms with Crippen LogP contribution >= 0.6 is 11.9 Å². The van der Waals surface area contributed by atoms with Crippen LogP contribution in [0, 0.1) is 20.8 Å². The summed E-state index contributed by atoms with van der Waals surface area (Å²) < 4.78 is 5.95. The molecule has 3 aliphatic rings. The maximum Gasteiger partial charge on any atom is 0.264 e. The number of unbranched alkanes of at least 4 members (excludes halogenated alkanes) is 6. The zero-order chi connectivity index (χ0) is 46.9. The van der Waals surface area contributed by atoms with E-state index < -0.39 is 29.7 Å². The highest BCUT2D eigenvalue weighted by atomic mass is 32.2. The number of piperazine rings is 1. The van der Waals surface area contributed by atoms with Gasteiger partial charge in [0.15, 0.2) is 0 Å². The number of imide groups is 2. The molecule has 0 spiro atoms. The van der Waals surface area contributed by atoms with Crippen LogP contribution in [0.15, 0.2) is 83.8 Å². The molecule has 5 amide bonds. The van der Waals surface area contributed by atoms with Crippen molar-refractivity contribution in [3.8, 4) is 0 Å². The third kappa shape index (κ3) is 11.6. The molecule has 13 nitrogen and oxygen atoms in total. The molecule has 4 aromatic carbocycles. The van der Waals surface area contributed by atoms with Crippen LogP contribution < -0.4 is 20.3 Å². The highest BCUT2D eigenvalue weighted by Crippen LogP contribution is 2.35. The Hall–Kier alpha value is -5.99. The molecule has 5 aromatic rings. The Labute approximate surface area is 398 Å². The van der Waals surface area contributed by atoms with Gasteiger partial charge in [0, 0.05) is 69.1 Å². The van der Waals surface area contributed by atoms with Crippen LogP contribution in [0.1, 0.15) is 119 Å². The topological polar surface area (TPSA) is 149 Å². The molecule has 2 saturated heterocycles. The van der Waals surface area contributed by atoms with Crippen LogP contribution in [-0.4, -0.2) is 94.2 Å². The summed E-state index contributed by atoms with van der Waals surface area (Å²) >= 11 is 1.66. The lowest BCUT2D eigenvalue weighted by Gasteiger charge is -2.36. The average molecular weight is 925 g/mol. The fourth-order valence-corrected chi connectivity index (χ4v) is 10.6. The van der Waals surface area contributed by atoms with Gasteiger partial charge in [-0.05, 0) is 118 Å². The van der Waals surface area contributed by atoms with Gasteiger partial charge < -0.3 is 19.5 Å². The first-order valence-corrected chi connectivity index (χ1v) is 25.0. The van der Waals surface area contributed by atoms with Crippen molar-refractivity contribution in [2.75, 3.05) is 48.9 Å². The van der Waals surface area contributed by atoms with Crippen LogP contribution in [0.4, 0.5) is 11.4 Å². The third-order valence-corrected chi connectivity index (χ3v) is 14.5. The normalized spacial score (nSPS) is 16.5. The van der Waals surface area contributed by atoms with Crippen LogP contribution in [0.25, 0.3) is 11.0 Å². The van der Waals surface area contributed by atoms with Crippen LogP contribution in [-0.2, 0) is 27.3 Å². The van der Waals surface area contributed by atoms with Gasteiger partial charge in [0.1, 0.15) is 11.9 Å². The second-order valence-electron chi connectivity index (χ2n) is 18.4. The number of piperidine rings is 1. The molecule has 1 aromatic heterocycles. The summed E-state index contributed by atoms with van der Waals surface area (Å²) in [6, 6.07) is 25.9. The summed E-state index contributed by atoms with van der Waals surface area (Å²) in [6.07, 6.45) is 9.92. The van der Waals surface area contributed by atoms with Crippen LogP contribution in [0.2, 0.25) is 0 Å².